The van der Waals surface area contributed by atoms with E-state index in [1.165, 1.54) is 0 Å². The lowest BCUT2D eigenvalue weighted by Crippen LogP contribution is -2.19. The molecule has 1 aromatic carbocycles. The van der Waals surface area contributed by atoms with Gasteiger partial charge in [0.25, 0.3) is 0 Å². The number of carbonyl (C=O) groups is 2. The Balaban J connectivity index is 2.45. The van der Waals surface area contributed by atoms with Gasteiger partial charge in [0.15, 0.2) is 6.10 Å². The molecule has 0 amide bonds. The van der Waals surface area contributed by atoms with Gasteiger partial charge < -0.3 is 9.47 Å². The van der Waals surface area contributed by atoms with Crippen molar-refractivity contribution in [2.45, 2.75) is 20.0 Å². The highest BCUT2D eigenvalue weighted by Crippen LogP contribution is 2.30. The monoisotopic (exact) mass is 246 g/mol. The molecule has 2 rings (SSSR count). The van der Waals surface area contributed by atoms with E-state index in [2.05, 4.69) is 0 Å². The lowest BCUT2D eigenvalue weighted by Gasteiger charge is -2.06. The molecule has 0 radical (unpaired) electrons. The van der Waals surface area contributed by atoms with E-state index in [0.29, 0.717) is 11.3 Å². The molecule has 0 aliphatic carbocycles. The van der Waals surface area contributed by atoms with Crippen LogP contribution in [-0.2, 0) is 19.1 Å². The maximum atomic E-state index is 11.9. The van der Waals surface area contributed by atoms with Crippen molar-refractivity contribution in [3.05, 3.63) is 41.5 Å². The van der Waals surface area contributed by atoms with Crippen molar-refractivity contribution in [3.8, 4) is 0 Å². The number of hydrogen-bond donors (Lipinski definition) is 0. The topological polar surface area (TPSA) is 52.6 Å². The van der Waals surface area contributed by atoms with Gasteiger partial charge >= 0.3 is 5.97 Å². The largest absolute Gasteiger partial charge is 0.481 e. The molecule has 0 N–H and O–H groups in total. The number of benzene rings is 1. The zero-order valence-corrected chi connectivity index (χ0v) is 10.3. The predicted molar refractivity (Wildman–Crippen MR) is 65.5 cm³/mol. The van der Waals surface area contributed by atoms with E-state index in [1.54, 1.807) is 26.0 Å². The van der Waals surface area contributed by atoms with Crippen LogP contribution in [0.3, 0.4) is 0 Å². The molecule has 0 saturated carbocycles. The Labute approximate surface area is 105 Å². The third-order valence-electron chi connectivity index (χ3n) is 2.65. The van der Waals surface area contributed by atoms with Crippen molar-refractivity contribution in [2.24, 2.45) is 0 Å². The fraction of sp³-hybridized carbons (Fsp3) is 0.286. The highest BCUT2D eigenvalue weighted by molar-refractivity contribution is 6.25. The second kappa shape index (κ2) is 5.04. The molecular weight excluding hydrogens is 232 g/mol. The first kappa shape index (κ1) is 12.4. The van der Waals surface area contributed by atoms with Gasteiger partial charge in [0.05, 0.1) is 6.61 Å². The summed E-state index contributed by atoms with van der Waals surface area (Å²) < 4.78 is 10.4. The van der Waals surface area contributed by atoms with Gasteiger partial charge in [-0.3, -0.25) is 4.79 Å². The molecule has 0 aromatic heterocycles. The third-order valence-corrected chi connectivity index (χ3v) is 2.65. The van der Waals surface area contributed by atoms with Gasteiger partial charge in [-0.05, 0) is 13.8 Å². The molecule has 0 saturated heterocycles. The van der Waals surface area contributed by atoms with Crippen LogP contribution >= 0.6 is 0 Å². The minimum Gasteiger partial charge on any atom is -0.481 e. The quantitative estimate of drug-likeness (QED) is 0.604. The number of Topliss-reactive ketones (excluding diaryl/α,β-unsaturated/α-hetero) is 1. The normalized spacial score (nSPS) is 18.8. The molecule has 4 heteroatoms. The van der Waals surface area contributed by atoms with E-state index < -0.39 is 12.1 Å². The number of hydrogen-bond acceptors (Lipinski definition) is 4. The molecule has 1 atom stereocenters. The standard InChI is InChI=1S/C14H14O4/c1-3-17-14(16)11-12(15)9(2)18-13(11)10-7-5-4-6-8-10/h4-9H,3H2,1-2H3. The van der Waals surface area contributed by atoms with Gasteiger partial charge in [-0.1, -0.05) is 30.3 Å². The summed E-state index contributed by atoms with van der Waals surface area (Å²) in [5.41, 5.74) is 0.716. The zero-order chi connectivity index (χ0) is 13.1. The summed E-state index contributed by atoms with van der Waals surface area (Å²) in [5.74, 6) is -0.635. The van der Waals surface area contributed by atoms with E-state index in [-0.39, 0.29) is 18.0 Å². The molecule has 4 nitrogen and oxygen atoms in total. The molecule has 18 heavy (non-hydrogen) atoms. The number of ketones is 1. The van der Waals surface area contributed by atoms with Crippen LogP contribution in [0, 0.1) is 0 Å². The Hall–Kier alpha value is -2.10. The molecule has 1 aliphatic heterocycles. The second-order valence-electron chi connectivity index (χ2n) is 3.91. The Morgan fingerprint density at radius 1 is 1.33 bits per heavy atom. The van der Waals surface area contributed by atoms with Gasteiger partial charge in [-0.2, -0.15) is 0 Å². The molecule has 1 heterocycles. The molecule has 0 bridgehead atoms. The van der Waals surface area contributed by atoms with Crippen molar-refractivity contribution >= 4 is 17.5 Å². The highest BCUT2D eigenvalue weighted by Gasteiger charge is 2.37. The van der Waals surface area contributed by atoms with Gasteiger partial charge in [0, 0.05) is 5.56 Å². The average molecular weight is 246 g/mol. The Bertz CT molecular complexity index is 502. The third kappa shape index (κ3) is 2.14. The van der Waals surface area contributed by atoms with Crippen LogP contribution < -0.4 is 0 Å². The summed E-state index contributed by atoms with van der Waals surface area (Å²) in [6.07, 6.45) is -0.639. The van der Waals surface area contributed by atoms with E-state index >= 15 is 0 Å². The first-order chi connectivity index (χ1) is 8.65. The van der Waals surface area contributed by atoms with E-state index in [4.69, 9.17) is 9.47 Å². The summed E-state index contributed by atoms with van der Waals surface area (Å²) in [5, 5.41) is 0. The number of carbonyl (C=O) groups excluding carboxylic acids is 2. The van der Waals surface area contributed by atoms with Crippen molar-refractivity contribution < 1.29 is 19.1 Å². The van der Waals surface area contributed by atoms with Gasteiger partial charge in [0.2, 0.25) is 5.78 Å². The average Bonchev–Trinajstić information content (AvgIpc) is 2.67. The summed E-state index contributed by atoms with van der Waals surface area (Å²) >= 11 is 0. The van der Waals surface area contributed by atoms with Gasteiger partial charge in [-0.15, -0.1) is 0 Å². The summed E-state index contributed by atoms with van der Waals surface area (Å²) in [6, 6.07) is 9.08. The Kier molecular flexibility index (Phi) is 3.46. The summed E-state index contributed by atoms with van der Waals surface area (Å²) in [7, 11) is 0. The van der Waals surface area contributed by atoms with E-state index in [9.17, 15) is 9.59 Å². The van der Waals surface area contributed by atoms with Gasteiger partial charge in [-0.25, -0.2) is 4.79 Å². The van der Waals surface area contributed by atoms with Crippen LogP contribution in [-0.4, -0.2) is 24.5 Å². The maximum absolute atomic E-state index is 11.9. The van der Waals surface area contributed by atoms with Crippen LogP contribution in [0.5, 0.6) is 0 Å². The molecule has 0 fully saturated rings. The minimum atomic E-state index is -0.639. The van der Waals surface area contributed by atoms with Crippen LogP contribution in [0.15, 0.2) is 35.9 Å². The highest BCUT2D eigenvalue weighted by atomic mass is 16.5. The van der Waals surface area contributed by atoms with E-state index in [1.807, 2.05) is 18.2 Å². The number of esters is 1. The predicted octanol–water partition coefficient (Wildman–Crippen LogP) is 1.95. The van der Waals surface area contributed by atoms with Crippen LogP contribution in [0.4, 0.5) is 0 Å². The van der Waals surface area contributed by atoms with Crippen molar-refractivity contribution in [1.82, 2.24) is 0 Å². The second-order valence-corrected chi connectivity index (χ2v) is 3.91. The van der Waals surface area contributed by atoms with E-state index in [0.717, 1.165) is 0 Å². The van der Waals surface area contributed by atoms with Gasteiger partial charge in [0.1, 0.15) is 11.3 Å². The number of rotatable bonds is 3. The first-order valence-electron chi connectivity index (χ1n) is 5.82. The van der Waals surface area contributed by atoms with Crippen molar-refractivity contribution in [1.29, 1.82) is 0 Å². The number of ether oxygens (including phenoxy) is 2. The fourth-order valence-electron chi connectivity index (χ4n) is 1.80. The maximum Gasteiger partial charge on any atom is 0.345 e. The molecule has 1 aliphatic rings. The molecular formula is C14H14O4. The van der Waals surface area contributed by atoms with Crippen LogP contribution in [0.25, 0.3) is 5.76 Å². The Morgan fingerprint density at radius 3 is 2.61 bits per heavy atom. The van der Waals surface area contributed by atoms with Crippen LogP contribution in [0.2, 0.25) is 0 Å². The zero-order valence-electron chi connectivity index (χ0n) is 10.3. The van der Waals surface area contributed by atoms with Crippen molar-refractivity contribution in [2.75, 3.05) is 6.61 Å². The fourth-order valence-corrected chi connectivity index (χ4v) is 1.80. The minimum absolute atomic E-state index is 0.00977. The van der Waals surface area contributed by atoms with Crippen molar-refractivity contribution in [3.63, 3.8) is 0 Å². The lowest BCUT2D eigenvalue weighted by molar-refractivity contribution is -0.140. The summed E-state index contributed by atoms with van der Waals surface area (Å²) in [6.45, 7) is 3.55. The first-order valence-corrected chi connectivity index (χ1v) is 5.82. The molecule has 0 spiro atoms. The SMILES string of the molecule is CCOC(=O)C1=C(c2ccccc2)OC(C)C1=O. The molecule has 1 unspecified atom stereocenters. The summed E-state index contributed by atoms with van der Waals surface area (Å²) in [4.78, 5) is 23.7. The smallest absolute Gasteiger partial charge is 0.345 e. The Morgan fingerprint density at radius 2 is 2.00 bits per heavy atom. The van der Waals surface area contributed by atoms with Crippen LogP contribution in [0.1, 0.15) is 19.4 Å². The molecule has 94 valence electrons. The lowest BCUT2D eigenvalue weighted by atomic mass is 10.1. The molecule has 1 aromatic rings.